The minimum atomic E-state index is -1.09. The first-order valence-corrected chi connectivity index (χ1v) is 12.5. The molecule has 1 unspecified atom stereocenters. The van der Waals surface area contributed by atoms with Gasteiger partial charge in [-0.2, -0.15) is 11.8 Å². The van der Waals surface area contributed by atoms with Gasteiger partial charge in [0.2, 0.25) is 5.91 Å². The zero-order chi connectivity index (χ0) is 23.8. The summed E-state index contributed by atoms with van der Waals surface area (Å²) >= 11 is 1.51. The molecule has 1 aliphatic carbocycles. The molecule has 1 aliphatic rings. The zero-order valence-electron chi connectivity index (χ0n) is 18.9. The van der Waals surface area contributed by atoms with Crippen molar-refractivity contribution in [2.45, 2.75) is 44.2 Å². The summed E-state index contributed by atoms with van der Waals surface area (Å²) in [5.41, 5.74) is 4.48. The summed E-state index contributed by atoms with van der Waals surface area (Å²) < 4.78 is 5.53. The number of hydrogen-bond donors (Lipinski definition) is 3. The number of fused-ring (bicyclic) bond motifs is 3. The van der Waals surface area contributed by atoms with Crippen LogP contribution in [0.25, 0.3) is 11.1 Å². The second-order valence-electron chi connectivity index (χ2n) is 7.99. The van der Waals surface area contributed by atoms with E-state index in [4.69, 9.17) is 4.74 Å². The molecule has 0 heterocycles. The number of thioether (sulfide) groups is 1. The number of ether oxygens (including phenoxy) is 1. The van der Waals surface area contributed by atoms with Gasteiger partial charge < -0.3 is 20.5 Å². The van der Waals surface area contributed by atoms with Crippen molar-refractivity contribution < 1.29 is 24.2 Å². The number of amides is 2. The highest BCUT2D eigenvalue weighted by Crippen LogP contribution is 2.44. The van der Waals surface area contributed by atoms with Crippen LogP contribution in [0.3, 0.4) is 0 Å². The van der Waals surface area contributed by atoms with Crippen LogP contribution in [0.4, 0.5) is 4.79 Å². The minimum Gasteiger partial charge on any atom is -0.480 e. The lowest BCUT2D eigenvalue weighted by atomic mass is 9.98. The molecule has 0 saturated carbocycles. The zero-order valence-corrected chi connectivity index (χ0v) is 19.7. The third kappa shape index (κ3) is 6.07. The summed E-state index contributed by atoms with van der Waals surface area (Å²) in [6.07, 6.45) is 2.52. The Morgan fingerprint density at radius 1 is 0.970 bits per heavy atom. The van der Waals surface area contributed by atoms with E-state index in [1.807, 2.05) is 49.6 Å². The first kappa shape index (κ1) is 24.6. The molecular weight excluding hydrogens is 440 g/mol. The Hall–Kier alpha value is -3.00. The van der Waals surface area contributed by atoms with Crippen LogP contribution in [0.15, 0.2) is 48.5 Å². The number of carbonyl (C=O) groups is 3. The SMILES string of the molecule is CCC[C@@H](NC(=O)OCC1c2ccccc2-c2ccccc21)C(=O)NC(CCSC)C(=O)O. The fourth-order valence-corrected chi connectivity index (χ4v) is 4.58. The van der Waals surface area contributed by atoms with Crippen LogP contribution in [-0.2, 0) is 14.3 Å². The largest absolute Gasteiger partial charge is 0.480 e. The normalized spacial score (nSPS) is 14.0. The molecule has 0 bridgehead atoms. The quantitative estimate of drug-likeness (QED) is 0.458. The molecule has 3 N–H and O–H groups in total. The van der Waals surface area contributed by atoms with Gasteiger partial charge in [0.15, 0.2) is 0 Å². The van der Waals surface area contributed by atoms with Crippen LogP contribution >= 0.6 is 11.8 Å². The van der Waals surface area contributed by atoms with Gasteiger partial charge in [-0.1, -0.05) is 61.9 Å². The Morgan fingerprint density at radius 3 is 2.12 bits per heavy atom. The van der Waals surface area contributed by atoms with Gasteiger partial charge in [-0.15, -0.1) is 0 Å². The fourth-order valence-electron chi connectivity index (χ4n) is 4.11. The van der Waals surface area contributed by atoms with Crippen molar-refractivity contribution >= 4 is 29.7 Å². The molecule has 0 aliphatic heterocycles. The predicted molar refractivity (Wildman–Crippen MR) is 129 cm³/mol. The Kier molecular flexibility index (Phi) is 8.77. The Morgan fingerprint density at radius 2 is 1.58 bits per heavy atom. The maximum absolute atomic E-state index is 12.7. The van der Waals surface area contributed by atoms with E-state index in [-0.39, 0.29) is 12.5 Å². The van der Waals surface area contributed by atoms with E-state index in [2.05, 4.69) is 22.8 Å². The van der Waals surface area contributed by atoms with Gasteiger partial charge >= 0.3 is 12.1 Å². The van der Waals surface area contributed by atoms with Crippen molar-refractivity contribution in [2.75, 3.05) is 18.6 Å². The smallest absolute Gasteiger partial charge is 0.407 e. The Balaban J connectivity index is 1.62. The van der Waals surface area contributed by atoms with Crippen molar-refractivity contribution in [2.24, 2.45) is 0 Å². The summed E-state index contributed by atoms with van der Waals surface area (Å²) in [7, 11) is 0. The van der Waals surface area contributed by atoms with Crippen molar-refractivity contribution in [3.63, 3.8) is 0 Å². The third-order valence-corrected chi connectivity index (χ3v) is 6.40. The van der Waals surface area contributed by atoms with Crippen LogP contribution < -0.4 is 10.6 Å². The van der Waals surface area contributed by atoms with Gasteiger partial charge in [0.25, 0.3) is 0 Å². The topological polar surface area (TPSA) is 105 Å². The van der Waals surface area contributed by atoms with E-state index in [1.165, 1.54) is 11.8 Å². The van der Waals surface area contributed by atoms with E-state index < -0.39 is 30.1 Å². The highest BCUT2D eigenvalue weighted by Gasteiger charge is 2.30. The number of carboxylic acids is 1. The van der Waals surface area contributed by atoms with Crippen molar-refractivity contribution in [3.05, 3.63) is 59.7 Å². The summed E-state index contributed by atoms with van der Waals surface area (Å²) in [5.74, 6) is -1.08. The van der Waals surface area contributed by atoms with Gasteiger partial charge in [-0.05, 0) is 47.1 Å². The molecule has 33 heavy (non-hydrogen) atoms. The highest BCUT2D eigenvalue weighted by atomic mass is 32.2. The number of nitrogens with one attached hydrogen (secondary N) is 2. The molecule has 0 radical (unpaired) electrons. The number of carbonyl (C=O) groups excluding carboxylic acids is 2. The van der Waals surface area contributed by atoms with Crippen molar-refractivity contribution in [3.8, 4) is 11.1 Å². The molecule has 7 nitrogen and oxygen atoms in total. The molecule has 2 aromatic carbocycles. The van der Waals surface area contributed by atoms with E-state index in [1.54, 1.807) is 0 Å². The lowest BCUT2D eigenvalue weighted by Crippen LogP contribution is -2.51. The average molecular weight is 471 g/mol. The molecular formula is C25H30N2O5S. The van der Waals surface area contributed by atoms with Gasteiger partial charge in [-0.25, -0.2) is 9.59 Å². The van der Waals surface area contributed by atoms with Crippen molar-refractivity contribution in [1.29, 1.82) is 0 Å². The maximum Gasteiger partial charge on any atom is 0.407 e. The Bertz CT molecular complexity index is 951. The predicted octanol–water partition coefficient (Wildman–Crippen LogP) is 4.02. The van der Waals surface area contributed by atoms with Gasteiger partial charge in [0.1, 0.15) is 18.7 Å². The van der Waals surface area contributed by atoms with Crippen LogP contribution in [0.2, 0.25) is 0 Å². The van der Waals surface area contributed by atoms with Crippen molar-refractivity contribution in [1.82, 2.24) is 10.6 Å². The third-order valence-electron chi connectivity index (χ3n) is 5.75. The Labute approximate surface area is 198 Å². The molecule has 0 fully saturated rings. The molecule has 3 rings (SSSR count). The molecule has 2 amide bonds. The lowest BCUT2D eigenvalue weighted by Gasteiger charge is -2.21. The molecule has 176 valence electrons. The minimum absolute atomic E-state index is 0.0791. The van der Waals surface area contributed by atoms with Gasteiger partial charge in [0.05, 0.1) is 0 Å². The number of alkyl carbamates (subject to hydrolysis) is 1. The van der Waals surface area contributed by atoms with Gasteiger partial charge in [-0.3, -0.25) is 4.79 Å². The second-order valence-corrected chi connectivity index (χ2v) is 8.98. The summed E-state index contributed by atoms with van der Waals surface area (Å²) in [5, 5.41) is 14.5. The maximum atomic E-state index is 12.7. The molecule has 0 spiro atoms. The highest BCUT2D eigenvalue weighted by molar-refractivity contribution is 7.98. The summed E-state index contributed by atoms with van der Waals surface area (Å²) in [6, 6.07) is 14.3. The summed E-state index contributed by atoms with van der Waals surface area (Å²) in [4.78, 5) is 36.7. The number of rotatable bonds is 11. The van der Waals surface area contributed by atoms with E-state index >= 15 is 0 Å². The fraction of sp³-hybridized carbons (Fsp3) is 0.400. The van der Waals surface area contributed by atoms with Crippen LogP contribution in [0.5, 0.6) is 0 Å². The average Bonchev–Trinajstić information content (AvgIpc) is 3.13. The number of carboxylic acid groups (broad SMARTS) is 1. The molecule has 2 aromatic rings. The molecule has 0 aromatic heterocycles. The number of benzene rings is 2. The van der Waals surface area contributed by atoms with Gasteiger partial charge in [0, 0.05) is 5.92 Å². The first-order chi connectivity index (χ1) is 16.0. The van der Waals surface area contributed by atoms with E-state index in [0.717, 1.165) is 22.3 Å². The van der Waals surface area contributed by atoms with Crippen LogP contribution in [-0.4, -0.2) is 53.8 Å². The first-order valence-electron chi connectivity index (χ1n) is 11.1. The second kappa shape index (κ2) is 11.7. The monoisotopic (exact) mass is 470 g/mol. The van der Waals surface area contributed by atoms with E-state index in [0.29, 0.717) is 25.0 Å². The number of hydrogen-bond acceptors (Lipinski definition) is 5. The van der Waals surface area contributed by atoms with E-state index in [9.17, 15) is 19.5 Å². The lowest BCUT2D eigenvalue weighted by molar-refractivity contribution is -0.142. The molecule has 0 saturated heterocycles. The van der Waals surface area contributed by atoms with Crippen LogP contribution in [0.1, 0.15) is 43.2 Å². The van der Waals surface area contributed by atoms with Crippen LogP contribution in [0, 0.1) is 0 Å². The molecule has 2 atom stereocenters. The number of aliphatic carboxylic acids is 1. The summed E-state index contributed by atoms with van der Waals surface area (Å²) in [6.45, 7) is 2.04. The molecule has 8 heteroatoms. The standard InChI is InChI=1S/C25H30N2O5S/c1-3-8-21(23(28)26-22(24(29)30)13-14-33-2)27-25(31)32-15-20-18-11-6-4-9-16(18)17-10-5-7-12-19(17)20/h4-7,9-12,20-22H,3,8,13-15H2,1-2H3,(H,26,28)(H,27,31)(H,29,30)/t21-,22?/m1/s1.